The molecular weight excluding hydrogens is 327 g/mol. The van der Waals surface area contributed by atoms with E-state index in [1.54, 1.807) is 42.7 Å². The van der Waals surface area contributed by atoms with Crippen LogP contribution in [0, 0.1) is 5.92 Å². The molecule has 9 heteroatoms. The number of guanidine groups is 1. The van der Waals surface area contributed by atoms with E-state index in [0.717, 1.165) is 0 Å². The highest BCUT2D eigenvalue weighted by Crippen LogP contribution is 2.16. The van der Waals surface area contributed by atoms with Gasteiger partial charge in [-0.25, -0.2) is 9.38 Å². The van der Waals surface area contributed by atoms with Gasteiger partial charge in [0.1, 0.15) is 5.69 Å². The molecule has 0 aliphatic carbocycles. The molecule has 8 nitrogen and oxygen atoms in total. The number of carbonyl (C=O) groups is 2. The Morgan fingerprint density at radius 2 is 1.92 bits per heavy atom. The molecule has 2 aliphatic heterocycles. The summed E-state index contributed by atoms with van der Waals surface area (Å²) in [5.74, 6) is -0.859. The van der Waals surface area contributed by atoms with Crippen LogP contribution < -0.4 is 0 Å². The van der Waals surface area contributed by atoms with Crippen molar-refractivity contribution in [2.45, 2.75) is 20.0 Å². The Morgan fingerprint density at radius 1 is 1.24 bits per heavy atom. The lowest BCUT2D eigenvalue weighted by molar-refractivity contribution is -0.120. The fourth-order valence-electron chi connectivity index (χ4n) is 2.84. The van der Waals surface area contributed by atoms with Gasteiger partial charge >= 0.3 is 0 Å². The van der Waals surface area contributed by atoms with E-state index < -0.39 is 12.1 Å². The summed E-state index contributed by atoms with van der Waals surface area (Å²) in [4.78, 5) is 35.7. The standard InChI is InChI=1S/C16H21FN6O2/c1-10(2)13-12(17)14(24)19-16(18-13)23-8-6-22(7-9-23)15(25)11-4-5-21(3)20-11/h4-5,10,12H,6-9H2,1-3H3. The van der Waals surface area contributed by atoms with Gasteiger partial charge in [0.05, 0.1) is 5.71 Å². The number of halogens is 1. The van der Waals surface area contributed by atoms with E-state index in [9.17, 15) is 14.0 Å². The third-order valence-corrected chi connectivity index (χ3v) is 4.29. The van der Waals surface area contributed by atoms with Gasteiger partial charge in [0, 0.05) is 39.4 Å². The van der Waals surface area contributed by atoms with Crippen LogP contribution in [0.2, 0.25) is 0 Å². The molecule has 1 fully saturated rings. The topological polar surface area (TPSA) is 83.2 Å². The van der Waals surface area contributed by atoms with Crippen LogP contribution in [0.25, 0.3) is 0 Å². The maximum absolute atomic E-state index is 13.9. The average Bonchev–Trinajstić information content (AvgIpc) is 3.03. The van der Waals surface area contributed by atoms with Gasteiger partial charge in [-0.1, -0.05) is 13.8 Å². The lowest BCUT2D eigenvalue weighted by Crippen LogP contribution is -2.51. The molecular formula is C16H21FN6O2. The first kappa shape index (κ1) is 17.2. The first-order valence-corrected chi connectivity index (χ1v) is 8.25. The van der Waals surface area contributed by atoms with Crippen molar-refractivity contribution in [2.24, 2.45) is 23.0 Å². The van der Waals surface area contributed by atoms with Gasteiger partial charge in [-0.2, -0.15) is 10.1 Å². The van der Waals surface area contributed by atoms with Crippen molar-refractivity contribution in [3.63, 3.8) is 0 Å². The molecule has 0 spiro atoms. The molecule has 2 amide bonds. The zero-order valence-electron chi connectivity index (χ0n) is 14.5. The van der Waals surface area contributed by atoms with Crippen molar-refractivity contribution < 1.29 is 14.0 Å². The number of rotatable bonds is 2. The minimum Gasteiger partial charge on any atom is -0.337 e. The molecule has 0 aromatic carbocycles. The number of aliphatic imine (C=N–C) groups is 2. The number of hydrogen-bond donors (Lipinski definition) is 0. The van der Waals surface area contributed by atoms with Gasteiger partial charge in [0.25, 0.3) is 11.8 Å². The monoisotopic (exact) mass is 348 g/mol. The van der Waals surface area contributed by atoms with Crippen LogP contribution in [0.4, 0.5) is 4.39 Å². The van der Waals surface area contributed by atoms with Gasteiger partial charge in [-0.3, -0.25) is 14.3 Å². The van der Waals surface area contributed by atoms with E-state index in [2.05, 4.69) is 15.1 Å². The highest BCUT2D eigenvalue weighted by atomic mass is 19.1. The maximum Gasteiger partial charge on any atom is 0.289 e. The molecule has 1 atom stereocenters. The highest BCUT2D eigenvalue weighted by Gasteiger charge is 2.33. The fourth-order valence-corrected chi connectivity index (χ4v) is 2.84. The summed E-state index contributed by atoms with van der Waals surface area (Å²) in [5.41, 5.74) is 0.614. The van der Waals surface area contributed by atoms with E-state index in [-0.39, 0.29) is 23.5 Å². The molecule has 134 valence electrons. The number of aromatic nitrogens is 2. The van der Waals surface area contributed by atoms with Crippen LogP contribution in [-0.2, 0) is 11.8 Å². The van der Waals surface area contributed by atoms with Crippen LogP contribution in [-0.4, -0.2) is 75.4 Å². The maximum atomic E-state index is 13.9. The van der Waals surface area contributed by atoms with Crippen molar-refractivity contribution >= 4 is 23.5 Å². The molecule has 2 aliphatic rings. The normalized spacial score (nSPS) is 21.5. The molecule has 0 bridgehead atoms. The van der Waals surface area contributed by atoms with Crippen molar-refractivity contribution in [2.75, 3.05) is 26.2 Å². The third-order valence-electron chi connectivity index (χ3n) is 4.29. The second kappa shape index (κ2) is 6.73. The number of hydrogen-bond acceptors (Lipinski definition) is 5. The predicted molar refractivity (Wildman–Crippen MR) is 90.3 cm³/mol. The Morgan fingerprint density at radius 3 is 2.48 bits per heavy atom. The van der Waals surface area contributed by atoms with Crippen LogP contribution in [0.3, 0.4) is 0 Å². The smallest absolute Gasteiger partial charge is 0.289 e. The fraction of sp³-hybridized carbons (Fsp3) is 0.562. The Kier molecular flexibility index (Phi) is 4.65. The molecule has 0 radical (unpaired) electrons. The highest BCUT2D eigenvalue weighted by molar-refractivity contribution is 6.18. The molecule has 3 rings (SSSR count). The van der Waals surface area contributed by atoms with Crippen LogP contribution in [0.15, 0.2) is 22.2 Å². The average molecular weight is 348 g/mol. The number of nitrogens with zero attached hydrogens (tertiary/aromatic N) is 6. The Bertz CT molecular complexity index is 746. The van der Waals surface area contributed by atoms with Crippen molar-refractivity contribution in [3.8, 4) is 0 Å². The van der Waals surface area contributed by atoms with E-state index in [1.807, 2.05) is 4.90 Å². The molecule has 0 N–H and O–H groups in total. The molecule has 1 aromatic rings. The minimum absolute atomic E-state index is 0.128. The molecule has 25 heavy (non-hydrogen) atoms. The summed E-state index contributed by atoms with van der Waals surface area (Å²) in [6.07, 6.45) is -0.0303. The van der Waals surface area contributed by atoms with Crippen LogP contribution >= 0.6 is 0 Å². The van der Waals surface area contributed by atoms with Crippen molar-refractivity contribution in [1.82, 2.24) is 19.6 Å². The van der Waals surface area contributed by atoms with E-state index in [0.29, 0.717) is 31.9 Å². The van der Waals surface area contributed by atoms with Crippen LogP contribution in [0.1, 0.15) is 24.3 Å². The summed E-state index contributed by atoms with van der Waals surface area (Å²) in [6.45, 7) is 5.49. The van der Waals surface area contributed by atoms with E-state index in [4.69, 9.17) is 0 Å². The van der Waals surface area contributed by atoms with Gasteiger partial charge in [0.2, 0.25) is 12.1 Å². The number of piperazine rings is 1. The van der Waals surface area contributed by atoms with E-state index in [1.165, 1.54) is 0 Å². The summed E-state index contributed by atoms with van der Waals surface area (Å²) >= 11 is 0. The SMILES string of the molecule is CC(C)C1=NC(N2CCN(C(=O)c3ccn(C)n3)CC2)=NC(=O)C1F. The second-order valence-electron chi connectivity index (χ2n) is 6.46. The Balaban J connectivity index is 1.67. The van der Waals surface area contributed by atoms with Gasteiger partial charge in [0.15, 0.2) is 0 Å². The lowest BCUT2D eigenvalue weighted by Gasteiger charge is -2.35. The summed E-state index contributed by atoms with van der Waals surface area (Å²) in [7, 11) is 1.76. The zero-order chi connectivity index (χ0) is 18.1. The number of carbonyl (C=O) groups excluding carboxylic acids is 2. The van der Waals surface area contributed by atoms with Crippen LogP contribution in [0.5, 0.6) is 0 Å². The molecule has 3 heterocycles. The summed E-state index contributed by atoms with van der Waals surface area (Å²) < 4.78 is 15.5. The zero-order valence-corrected chi connectivity index (χ0v) is 14.5. The third kappa shape index (κ3) is 3.45. The predicted octanol–water partition coefficient (Wildman–Crippen LogP) is 0.509. The molecule has 1 saturated heterocycles. The van der Waals surface area contributed by atoms with Gasteiger partial charge < -0.3 is 9.80 Å². The number of alkyl halides is 1. The largest absolute Gasteiger partial charge is 0.337 e. The Hall–Kier alpha value is -2.58. The Labute approximate surface area is 145 Å². The van der Waals surface area contributed by atoms with Gasteiger partial charge in [-0.15, -0.1) is 0 Å². The molecule has 0 saturated carbocycles. The number of amides is 2. The van der Waals surface area contributed by atoms with Crippen molar-refractivity contribution in [1.29, 1.82) is 0 Å². The first-order valence-electron chi connectivity index (χ1n) is 8.25. The quantitative estimate of drug-likeness (QED) is 0.780. The van der Waals surface area contributed by atoms with E-state index >= 15 is 0 Å². The molecule has 1 unspecified atom stereocenters. The first-order chi connectivity index (χ1) is 11.9. The number of aryl methyl sites for hydroxylation is 1. The second-order valence-corrected chi connectivity index (χ2v) is 6.46. The van der Waals surface area contributed by atoms with Crippen molar-refractivity contribution in [3.05, 3.63) is 18.0 Å². The van der Waals surface area contributed by atoms with Gasteiger partial charge in [-0.05, 0) is 12.0 Å². The summed E-state index contributed by atoms with van der Waals surface area (Å²) in [6, 6.07) is 1.68. The summed E-state index contributed by atoms with van der Waals surface area (Å²) in [5, 5.41) is 4.12. The lowest BCUT2D eigenvalue weighted by atomic mass is 10.0. The minimum atomic E-state index is -1.75. The molecule has 1 aromatic heterocycles.